The first kappa shape index (κ1) is 19.2. The van der Waals surface area contributed by atoms with Crippen molar-refractivity contribution in [1.29, 1.82) is 0 Å². The van der Waals surface area contributed by atoms with Crippen LogP contribution in [0.2, 0.25) is 0 Å². The number of ether oxygens (including phenoxy) is 3. The lowest BCUT2D eigenvalue weighted by Gasteiger charge is -2.18. The number of hydrogen-bond donors (Lipinski definition) is 0. The summed E-state index contributed by atoms with van der Waals surface area (Å²) in [6.45, 7) is 6.94. The minimum absolute atomic E-state index is 0.0575. The zero-order chi connectivity index (χ0) is 16.6. The van der Waals surface area contributed by atoms with E-state index >= 15 is 0 Å². The van der Waals surface area contributed by atoms with E-state index in [-0.39, 0.29) is 11.1 Å². The van der Waals surface area contributed by atoms with Gasteiger partial charge in [0.1, 0.15) is 13.2 Å². The van der Waals surface area contributed by atoms with E-state index in [1.807, 2.05) is 0 Å². The molecule has 0 aromatic heterocycles. The van der Waals surface area contributed by atoms with Gasteiger partial charge in [-0.1, -0.05) is 13.2 Å². The molecule has 0 aromatic carbocycles. The number of hydrogen-bond acceptors (Lipinski definition) is 5. The first-order valence-electron chi connectivity index (χ1n) is 5.86. The van der Waals surface area contributed by atoms with Gasteiger partial charge in [-0.3, -0.25) is 0 Å². The molecule has 0 spiro atoms. The Hall–Kier alpha value is -1.83. The van der Waals surface area contributed by atoms with Crippen LogP contribution in [0.25, 0.3) is 0 Å². The lowest BCUT2D eigenvalue weighted by molar-refractivity contribution is -0.186. The van der Waals surface area contributed by atoms with Crippen molar-refractivity contribution in [3.63, 3.8) is 0 Å². The molecule has 0 amide bonds. The van der Waals surface area contributed by atoms with Crippen molar-refractivity contribution in [2.45, 2.75) is 26.1 Å². The molecule has 0 heterocycles. The monoisotopic (exact) mass is 310 g/mol. The van der Waals surface area contributed by atoms with Crippen molar-refractivity contribution in [2.75, 3.05) is 19.8 Å². The van der Waals surface area contributed by atoms with Crippen LogP contribution >= 0.6 is 0 Å². The number of halogens is 3. The van der Waals surface area contributed by atoms with Crippen LogP contribution in [0.15, 0.2) is 24.3 Å². The summed E-state index contributed by atoms with van der Waals surface area (Å²) in [4.78, 5) is 22.5. The molecular formula is C13H17F3O5. The average Bonchev–Trinajstić information content (AvgIpc) is 2.33. The highest BCUT2D eigenvalue weighted by molar-refractivity contribution is 5.87. The summed E-state index contributed by atoms with van der Waals surface area (Å²) < 4.78 is 49.8. The van der Waals surface area contributed by atoms with E-state index in [1.54, 1.807) is 0 Å². The highest BCUT2D eigenvalue weighted by Crippen LogP contribution is 2.15. The maximum Gasteiger partial charge on any atom is 0.411 e. The Morgan fingerprint density at radius 2 is 1.57 bits per heavy atom. The molecule has 5 nitrogen and oxygen atoms in total. The van der Waals surface area contributed by atoms with Crippen LogP contribution in [-0.2, 0) is 23.8 Å². The van der Waals surface area contributed by atoms with Crippen molar-refractivity contribution in [2.24, 2.45) is 0 Å². The van der Waals surface area contributed by atoms with E-state index in [9.17, 15) is 22.8 Å². The number of carbonyl (C=O) groups is 2. The van der Waals surface area contributed by atoms with Gasteiger partial charge in [0.2, 0.25) is 0 Å². The molecule has 0 aliphatic carbocycles. The van der Waals surface area contributed by atoms with E-state index in [1.165, 1.54) is 13.8 Å². The second-order valence-electron chi connectivity index (χ2n) is 4.32. The Morgan fingerprint density at radius 3 is 2.00 bits per heavy atom. The highest BCUT2D eigenvalue weighted by Gasteiger charge is 2.28. The lowest BCUT2D eigenvalue weighted by Crippen LogP contribution is -2.31. The van der Waals surface area contributed by atoms with E-state index in [0.29, 0.717) is 0 Å². The van der Waals surface area contributed by atoms with Crippen molar-refractivity contribution < 1.29 is 37.0 Å². The normalized spacial score (nSPS) is 12.4. The zero-order valence-corrected chi connectivity index (χ0v) is 11.8. The van der Waals surface area contributed by atoms with Gasteiger partial charge in [0.05, 0.1) is 6.61 Å². The molecule has 21 heavy (non-hydrogen) atoms. The summed E-state index contributed by atoms with van der Waals surface area (Å²) in [5, 5.41) is 0. The van der Waals surface area contributed by atoms with Crippen LogP contribution in [0.3, 0.4) is 0 Å². The Labute approximate surface area is 120 Å². The molecule has 0 radical (unpaired) electrons. The Balaban J connectivity index is 4.47. The largest absolute Gasteiger partial charge is 0.458 e. The average molecular weight is 310 g/mol. The fourth-order valence-electron chi connectivity index (χ4n) is 0.966. The van der Waals surface area contributed by atoms with Crippen molar-refractivity contribution in [3.8, 4) is 0 Å². The minimum Gasteiger partial charge on any atom is -0.458 e. The van der Waals surface area contributed by atoms with Gasteiger partial charge < -0.3 is 14.2 Å². The van der Waals surface area contributed by atoms with Gasteiger partial charge in [-0.25, -0.2) is 9.59 Å². The van der Waals surface area contributed by atoms with Crippen LogP contribution in [0.4, 0.5) is 13.2 Å². The van der Waals surface area contributed by atoms with Gasteiger partial charge in [-0.05, 0) is 13.8 Å². The van der Waals surface area contributed by atoms with E-state index in [4.69, 9.17) is 9.47 Å². The molecule has 0 bridgehead atoms. The van der Waals surface area contributed by atoms with Crippen molar-refractivity contribution >= 4 is 11.9 Å². The molecule has 0 saturated carbocycles. The molecule has 0 aliphatic heterocycles. The predicted octanol–water partition coefficient (Wildman–Crippen LogP) is 2.17. The molecule has 8 heteroatoms. The van der Waals surface area contributed by atoms with Gasteiger partial charge in [0.25, 0.3) is 0 Å². The molecule has 0 saturated heterocycles. The molecule has 120 valence electrons. The Morgan fingerprint density at radius 1 is 1.05 bits per heavy atom. The lowest BCUT2D eigenvalue weighted by atomic mass is 10.3. The molecular weight excluding hydrogens is 293 g/mol. The number of rotatable bonds is 8. The summed E-state index contributed by atoms with van der Waals surface area (Å²) in [7, 11) is 0. The van der Waals surface area contributed by atoms with Crippen LogP contribution in [-0.4, -0.2) is 44.0 Å². The van der Waals surface area contributed by atoms with Crippen molar-refractivity contribution in [1.82, 2.24) is 0 Å². The first-order valence-corrected chi connectivity index (χ1v) is 5.86. The van der Waals surface area contributed by atoms with Gasteiger partial charge in [0.15, 0.2) is 6.10 Å². The Bertz CT molecular complexity index is 415. The van der Waals surface area contributed by atoms with Crippen molar-refractivity contribution in [3.05, 3.63) is 24.3 Å². The molecule has 0 rings (SSSR count). The zero-order valence-electron chi connectivity index (χ0n) is 11.8. The molecule has 0 aromatic rings. The topological polar surface area (TPSA) is 61.8 Å². The van der Waals surface area contributed by atoms with Crippen LogP contribution in [0.5, 0.6) is 0 Å². The quantitative estimate of drug-likeness (QED) is 0.508. The molecule has 0 aliphatic rings. The summed E-state index contributed by atoms with van der Waals surface area (Å²) >= 11 is 0. The van der Waals surface area contributed by atoms with Gasteiger partial charge in [-0.2, -0.15) is 13.2 Å². The summed E-state index contributed by atoms with van der Waals surface area (Å²) in [5.74, 6) is -1.57. The summed E-state index contributed by atoms with van der Waals surface area (Å²) in [6.07, 6.45) is -5.67. The molecule has 1 unspecified atom stereocenters. The van der Waals surface area contributed by atoms with Crippen LogP contribution < -0.4 is 0 Å². The fraction of sp³-hybridized carbons (Fsp3) is 0.538. The van der Waals surface area contributed by atoms with Crippen LogP contribution in [0.1, 0.15) is 13.8 Å². The maximum atomic E-state index is 12.0. The minimum atomic E-state index is -4.50. The predicted molar refractivity (Wildman–Crippen MR) is 67.3 cm³/mol. The van der Waals surface area contributed by atoms with Gasteiger partial charge in [0, 0.05) is 11.1 Å². The fourth-order valence-corrected chi connectivity index (χ4v) is 0.966. The molecule has 0 fully saturated rings. The summed E-state index contributed by atoms with van der Waals surface area (Å²) in [6, 6.07) is 0. The van der Waals surface area contributed by atoms with Gasteiger partial charge >= 0.3 is 18.1 Å². The highest BCUT2D eigenvalue weighted by atomic mass is 19.4. The van der Waals surface area contributed by atoms with Crippen LogP contribution in [0, 0.1) is 0 Å². The Kier molecular flexibility index (Phi) is 7.72. The smallest absolute Gasteiger partial charge is 0.411 e. The van der Waals surface area contributed by atoms with E-state index < -0.39 is 44.0 Å². The summed E-state index contributed by atoms with van der Waals surface area (Å²) in [5.41, 5.74) is 0.165. The third-order valence-electron chi connectivity index (χ3n) is 1.94. The second-order valence-corrected chi connectivity index (χ2v) is 4.32. The maximum absolute atomic E-state index is 12.0. The van der Waals surface area contributed by atoms with E-state index in [2.05, 4.69) is 17.9 Å². The second kappa shape index (κ2) is 8.46. The number of carbonyl (C=O) groups excluding carboxylic acids is 2. The number of esters is 2. The standard InChI is InChI=1S/C13H17F3O5/c1-8(2)11(17)20-6-10(21-12(18)9(3)4)5-19-7-13(14,15)16/h10H,1,3,5-7H2,2,4H3. The third kappa shape index (κ3) is 9.67. The first-order chi connectivity index (χ1) is 9.53. The third-order valence-corrected chi connectivity index (χ3v) is 1.94. The SMILES string of the molecule is C=C(C)C(=O)OCC(COCC(F)(F)F)OC(=O)C(=C)C. The molecule has 0 N–H and O–H groups in total. The van der Waals surface area contributed by atoms with E-state index in [0.717, 1.165) is 0 Å². The number of alkyl halides is 3. The van der Waals surface area contributed by atoms with Gasteiger partial charge in [-0.15, -0.1) is 0 Å². The molecule has 1 atom stereocenters.